The predicted molar refractivity (Wildman–Crippen MR) is 79.6 cm³/mol. The molecule has 0 saturated carbocycles. The average Bonchev–Trinajstić information content (AvgIpc) is 2.17. The van der Waals surface area contributed by atoms with E-state index in [2.05, 4.69) is 46.8 Å². The summed E-state index contributed by atoms with van der Waals surface area (Å²) in [6.07, 6.45) is 11.3. The zero-order chi connectivity index (χ0) is 11.7. The molecule has 0 unspecified atom stereocenters. The second-order valence-electron chi connectivity index (χ2n) is 4.46. The van der Waals surface area contributed by atoms with Gasteiger partial charge in [0.25, 0.3) is 0 Å². The van der Waals surface area contributed by atoms with Gasteiger partial charge in [-0.2, -0.15) is 0 Å². The maximum absolute atomic E-state index is 3.76. The van der Waals surface area contributed by atoms with Gasteiger partial charge in [0, 0.05) is 34.1 Å². The molecule has 0 amide bonds. The Balaban J connectivity index is -0.000000327. The Bertz CT molecular complexity index is 258. The summed E-state index contributed by atoms with van der Waals surface area (Å²) in [5.74, 6) is 0. The van der Waals surface area contributed by atoms with Gasteiger partial charge in [0.1, 0.15) is 0 Å². The van der Waals surface area contributed by atoms with Crippen LogP contribution in [0.15, 0.2) is 34.9 Å². The minimum Gasteiger partial charge on any atom is -0.245 e. The van der Waals surface area contributed by atoms with E-state index in [4.69, 9.17) is 0 Å². The van der Waals surface area contributed by atoms with E-state index in [1.54, 1.807) is 0 Å². The number of allylic oxidation sites excluding steroid dienone is 6. The standard InChI is InChI=1S/C15H25.CH4.Y.H2/c1-6-14(4)10-8-12-15(5)11-7-9-13(2)3;;;/h6,9,12H,1,7-8,10-11H2,2-5H3;1H4;;1H/q-1;;;/b14-6-,15-12+;;;/i;;;1+1. The fourth-order valence-electron chi connectivity index (χ4n) is 1.34. The monoisotopic (exact) mass is 313 g/mol. The predicted octanol–water partition coefficient (Wildman–Crippen LogP) is 6.12. The number of rotatable bonds is 6. The molecule has 0 aliphatic carbocycles. The molecule has 0 rings (SSSR count). The first-order chi connectivity index (χ1) is 7.06. The van der Waals surface area contributed by atoms with Crippen molar-refractivity contribution < 1.29 is 34.1 Å². The number of hydrogen-bond acceptors (Lipinski definition) is 0. The normalized spacial score (nSPS) is 11.3. The molecular formula is C16H31Y-. The summed E-state index contributed by atoms with van der Waals surface area (Å²) in [5, 5.41) is 0. The van der Waals surface area contributed by atoms with Crippen molar-refractivity contribution in [1.29, 1.82) is 0 Å². The zero-order valence-electron chi connectivity index (χ0n) is 11.3. The summed E-state index contributed by atoms with van der Waals surface area (Å²) in [6, 6.07) is 0. The van der Waals surface area contributed by atoms with Crippen LogP contribution < -0.4 is 0 Å². The van der Waals surface area contributed by atoms with Gasteiger partial charge in [-0.15, -0.1) is 6.92 Å². The average molecular weight is 313 g/mol. The SMILES string of the molecule is C.[2HH].[CH2-]/C=C(/C)CC/C=C(\C)CCC=C(C)C.[Y]. The molecule has 17 heavy (non-hydrogen) atoms. The van der Waals surface area contributed by atoms with E-state index < -0.39 is 0 Å². The maximum atomic E-state index is 3.76. The van der Waals surface area contributed by atoms with Crippen molar-refractivity contribution in [3.63, 3.8) is 0 Å². The third kappa shape index (κ3) is 16.2. The first-order valence-corrected chi connectivity index (χ1v) is 5.80. The molecule has 1 heteroatoms. The molecule has 0 saturated heterocycles. The van der Waals surface area contributed by atoms with Crippen LogP contribution in [0, 0.1) is 6.92 Å². The summed E-state index contributed by atoms with van der Waals surface area (Å²) < 4.78 is 0. The quantitative estimate of drug-likeness (QED) is 0.409. The molecule has 0 aliphatic rings. The van der Waals surface area contributed by atoms with Crippen molar-refractivity contribution in [2.24, 2.45) is 0 Å². The molecule has 0 aromatic rings. The largest absolute Gasteiger partial charge is 0.245 e. The third-order valence-corrected chi connectivity index (χ3v) is 2.47. The Morgan fingerprint density at radius 1 is 0.941 bits per heavy atom. The van der Waals surface area contributed by atoms with Crippen molar-refractivity contribution in [1.82, 2.24) is 0 Å². The van der Waals surface area contributed by atoms with Crippen molar-refractivity contribution in [2.75, 3.05) is 0 Å². The van der Waals surface area contributed by atoms with Gasteiger partial charge in [0.15, 0.2) is 0 Å². The van der Waals surface area contributed by atoms with Crippen molar-refractivity contribution in [3.8, 4) is 0 Å². The van der Waals surface area contributed by atoms with E-state index in [9.17, 15) is 0 Å². The van der Waals surface area contributed by atoms with Gasteiger partial charge in [0.05, 0.1) is 0 Å². The summed E-state index contributed by atoms with van der Waals surface area (Å²) in [7, 11) is 0. The number of hydrogen-bond donors (Lipinski definition) is 0. The topological polar surface area (TPSA) is 0 Å². The molecule has 1 radical (unpaired) electrons. The molecule has 0 nitrogen and oxygen atoms in total. The fraction of sp³-hybridized carbons (Fsp3) is 0.562. The van der Waals surface area contributed by atoms with E-state index >= 15 is 0 Å². The molecule has 0 atom stereocenters. The van der Waals surface area contributed by atoms with Crippen LogP contribution in [0.5, 0.6) is 0 Å². The van der Waals surface area contributed by atoms with Crippen LogP contribution in [0.25, 0.3) is 0 Å². The van der Waals surface area contributed by atoms with E-state index in [0.717, 1.165) is 12.8 Å². The Morgan fingerprint density at radius 2 is 1.41 bits per heavy atom. The molecule has 0 fully saturated rings. The van der Waals surface area contributed by atoms with E-state index in [1.807, 2.05) is 6.08 Å². The van der Waals surface area contributed by atoms with Gasteiger partial charge < -0.3 is 0 Å². The maximum Gasteiger partial charge on any atom is 0 e. The van der Waals surface area contributed by atoms with Gasteiger partial charge in [-0.25, -0.2) is 18.6 Å². The van der Waals surface area contributed by atoms with Crippen LogP contribution in [0.1, 0.15) is 62.2 Å². The van der Waals surface area contributed by atoms with E-state index in [0.29, 0.717) is 0 Å². The summed E-state index contributed by atoms with van der Waals surface area (Å²) in [6.45, 7) is 12.4. The molecule has 99 valence electrons. The molecule has 0 spiro atoms. The summed E-state index contributed by atoms with van der Waals surface area (Å²) >= 11 is 0. The summed E-state index contributed by atoms with van der Waals surface area (Å²) in [4.78, 5) is 0. The Morgan fingerprint density at radius 3 is 1.88 bits per heavy atom. The van der Waals surface area contributed by atoms with Crippen LogP contribution in [0.4, 0.5) is 0 Å². The minimum absolute atomic E-state index is 0. The summed E-state index contributed by atoms with van der Waals surface area (Å²) in [5.41, 5.74) is 4.30. The molecule has 0 bridgehead atoms. The van der Waals surface area contributed by atoms with Gasteiger partial charge >= 0.3 is 0 Å². The second kappa shape index (κ2) is 14.3. The van der Waals surface area contributed by atoms with Gasteiger partial charge in [-0.05, 0) is 40.0 Å². The molecule has 0 aliphatic heterocycles. The van der Waals surface area contributed by atoms with Crippen LogP contribution in [0.2, 0.25) is 0 Å². The zero-order valence-corrected chi connectivity index (χ0v) is 14.2. The van der Waals surface area contributed by atoms with Crippen LogP contribution in [-0.2, 0) is 32.7 Å². The molecule has 0 N–H and O–H groups in total. The smallest absolute Gasteiger partial charge is 0 e. The molecule has 0 heterocycles. The molecule has 0 aromatic heterocycles. The third-order valence-electron chi connectivity index (χ3n) is 2.47. The fourth-order valence-corrected chi connectivity index (χ4v) is 1.34. The van der Waals surface area contributed by atoms with Crippen molar-refractivity contribution in [3.05, 3.63) is 41.9 Å². The molecule has 0 aromatic carbocycles. The van der Waals surface area contributed by atoms with Crippen LogP contribution in [0.3, 0.4) is 0 Å². The van der Waals surface area contributed by atoms with Gasteiger partial charge in [0.2, 0.25) is 0 Å². The minimum atomic E-state index is 0. The van der Waals surface area contributed by atoms with Crippen LogP contribution >= 0.6 is 0 Å². The molecular weight excluding hydrogens is 281 g/mol. The Kier molecular flexibility index (Phi) is 18.8. The van der Waals surface area contributed by atoms with Gasteiger partial charge in [-0.3, -0.25) is 0 Å². The second-order valence-corrected chi connectivity index (χ2v) is 4.46. The first-order valence-electron chi connectivity index (χ1n) is 5.80. The van der Waals surface area contributed by atoms with Crippen molar-refractivity contribution >= 4 is 0 Å². The van der Waals surface area contributed by atoms with E-state index in [-0.39, 0.29) is 41.6 Å². The Labute approximate surface area is 136 Å². The van der Waals surface area contributed by atoms with Crippen LogP contribution in [-0.4, -0.2) is 0 Å². The Hall–Kier alpha value is 0.194. The van der Waals surface area contributed by atoms with E-state index in [1.165, 1.54) is 29.6 Å². The first kappa shape index (κ1) is 22.4. The van der Waals surface area contributed by atoms with Crippen molar-refractivity contribution in [2.45, 2.75) is 60.8 Å². The van der Waals surface area contributed by atoms with Gasteiger partial charge in [-0.1, -0.05) is 37.1 Å².